The third-order valence-corrected chi connectivity index (χ3v) is 6.87. The number of halogens is 3. The summed E-state index contributed by atoms with van der Waals surface area (Å²) in [4.78, 5) is 36.4. The van der Waals surface area contributed by atoms with Crippen molar-refractivity contribution in [2.24, 2.45) is 0 Å². The van der Waals surface area contributed by atoms with Gasteiger partial charge in [-0.05, 0) is 80.7 Å². The normalized spacial score (nSPS) is 14.6. The number of nitrogens with one attached hydrogen (secondary N) is 1. The maximum absolute atomic E-state index is 12.8. The van der Waals surface area contributed by atoms with E-state index in [-0.39, 0.29) is 11.7 Å². The summed E-state index contributed by atoms with van der Waals surface area (Å²) < 4.78 is 47.5. The summed E-state index contributed by atoms with van der Waals surface area (Å²) in [6.45, 7) is 3.49. The lowest BCUT2D eigenvalue weighted by molar-refractivity contribution is -0.192. The van der Waals surface area contributed by atoms with Crippen molar-refractivity contribution < 1.29 is 52.0 Å². The maximum Gasteiger partial charge on any atom is 0.490 e. The maximum atomic E-state index is 12.8. The molecule has 0 spiro atoms. The molecule has 0 aromatic heterocycles. The Kier molecular flexibility index (Phi) is 15.7. The number of unbranched alkanes of at least 4 members (excludes halogenated alkanes) is 1. The van der Waals surface area contributed by atoms with E-state index in [0.717, 1.165) is 31.5 Å². The van der Waals surface area contributed by atoms with E-state index in [1.165, 1.54) is 0 Å². The van der Waals surface area contributed by atoms with Crippen LogP contribution in [0, 0.1) is 0 Å². The van der Waals surface area contributed by atoms with Crippen LogP contribution in [0.5, 0.6) is 11.5 Å². The summed E-state index contributed by atoms with van der Waals surface area (Å²) in [5.41, 5.74) is 1.38. The van der Waals surface area contributed by atoms with E-state index >= 15 is 0 Å². The number of hydrogen-bond donors (Lipinski definition) is 3. The molecule has 3 N–H and O–H groups in total. The molecule has 0 bridgehead atoms. The number of carbonyl (C=O) groups is 3. The lowest BCUT2D eigenvalue weighted by Gasteiger charge is -2.29. The molecule has 2 aromatic rings. The number of carbonyl (C=O) groups excluding carboxylic acids is 2. The molecule has 2 atom stereocenters. The smallest absolute Gasteiger partial charge is 0.490 e. The number of aliphatic hydroxyl groups excluding tert-OH is 1. The van der Waals surface area contributed by atoms with Crippen molar-refractivity contribution in [3.63, 3.8) is 0 Å². The Hall–Kier alpha value is -3.68. The second-order valence-electron chi connectivity index (χ2n) is 10.2. The fraction of sp³-hybridized carbons (Fsp3) is 0.516. The van der Waals surface area contributed by atoms with Crippen LogP contribution in [0.1, 0.15) is 60.6 Å². The number of hydrogen-bond acceptors (Lipinski definition) is 8. The number of carboxylic acid groups (broad SMARTS) is 1. The molecule has 2 aromatic carbocycles. The molecule has 10 nitrogen and oxygen atoms in total. The van der Waals surface area contributed by atoms with Crippen LogP contribution >= 0.6 is 0 Å². The van der Waals surface area contributed by atoms with Crippen molar-refractivity contribution in [2.75, 3.05) is 47.1 Å². The number of carboxylic acids is 1. The Morgan fingerprint density at radius 2 is 1.48 bits per heavy atom. The van der Waals surface area contributed by atoms with E-state index in [2.05, 4.69) is 10.2 Å². The minimum Gasteiger partial charge on any atom is -0.497 e. The van der Waals surface area contributed by atoms with Crippen molar-refractivity contribution in [3.05, 3.63) is 59.7 Å². The van der Waals surface area contributed by atoms with Crippen molar-refractivity contribution in [3.8, 4) is 11.5 Å². The Morgan fingerprint density at radius 1 is 0.909 bits per heavy atom. The molecule has 1 saturated heterocycles. The molecule has 0 unspecified atom stereocenters. The van der Waals surface area contributed by atoms with Gasteiger partial charge in [0, 0.05) is 32.1 Å². The first-order valence-electron chi connectivity index (χ1n) is 14.3. The minimum absolute atomic E-state index is 0.0556. The molecule has 244 valence electrons. The molecular weight excluding hydrogens is 585 g/mol. The van der Waals surface area contributed by atoms with Gasteiger partial charge in [0.05, 0.1) is 19.8 Å². The van der Waals surface area contributed by atoms with Gasteiger partial charge in [-0.25, -0.2) is 4.79 Å². The van der Waals surface area contributed by atoms with Crippen molar-refractivity contribution in [1.82, 2.24) is 10.2 Å². The minimum atomic E-state index is -5.08. The summed E-state index contributed by atoms with van der Waals surface area (Å²) in [6, 6.07) is 14.0. The topological polar surface area (TPSA) is 135 Å². The number of ketones is 1. The van der Waals surface area contributed by atoms with E-state index in [1.807, 2.05) is 24.3 Å². The number of methoxy groups -OCH3 is 2. The number of ether oxygens (including phenoxy) is 3. The van der Waals surface area contributed by atoms with Gasteiger partial charge in [-0.2, -0.15) is 13.2 Å². The lowest BCUT2D eigenvalue weighted by Crippen LogP contribution is -2.46. The van der Waals surface area contributed by atoms with Gasteiger partial charge < -0.3 is 34.6 Å². The molecule has 0 aliphatic carbocycles. The summed E-state index contributed by atoms with van der Waals surface area (Å²) in [7, 11) is 3.21. The monoisotopic (exact) mass is 626 g/mol. The molecular formula is C31H41F3N2O8. The number of aliphatic carboxylic acids is 1. The predicted octanol–water partition coefficient (Wildman–Crippen LogP) is 4.41. The van der Waals surface area contributed by atoms with Crippen LogP contribution in [0.2, 0.25) is 0 Å². The first kappa shape index (κ1) is 36.5. The largest absolute Gasteiger partial charge is 0.497 e. The van der Waals surface area contributed by atoms with Crippen LogP contribution in [-0.4, -0.2) is 92.1 Å². The van der Waals surface area contributed by atoms with E-state index in [1.54, 1.807) is 38.5 Å². The lowest BCUT2D eigenvalue weighted by atomic mass is 10.0. The second kappa shape index (κ2) is 18.9. The van der Waals surface area contributed by atoms with Crippen LogP contribution in [0.15, 0.2) is 48.5 Å². The van der Waals surface area contributed by atoms with Gasteiger partial charge in [-0.1, -0.05) is 12.1 Å². The molecule has 44 heavy (non-hydrogen) atoms. The highest BCUT2D eigenvalue weighted by Crippen LogP contribution is 2.23. The van der Waals surface area contributed by atoms with E-state index in [9.17, 15) is 27.9 Å². The number of alkyl halides is 3. The Labute approximate surface area is 255 Å². The van der Waals surface area contributed by atoms with Gasteiger partial charge >= 0.3 is 12.1 Å². The summed E-state index contributed by atoms with van der Waals surface area (Å²) in [6.07, 6.45) is -1.73. The quantitative estimate of drug-likeness (QED) is 0.183. The van der Waals surface area contributed by atoms with E-state index in [0.29, 0.717) is 62.5 Å². The highest BCUT2D eigenvalue weighted by molar-refractivity contribution is 5.96. The summed E-state index contributed by atoms with van der Waals surface area (Å²) in [5, 5.41) is 21.3. The van der Waals surface area contributed by atoms with Gasteiger partial charge in [0.1, 0.15) is 24.2 Å². The number of rotatable bonds is 16. The summed E-state index contributed by atoms with van der Waals surface area (Å²) >= 11 is 0. The van der Waals surface area contributed by atoms with E-state index in [4.69, 9.17) is 24.1 Å². The van der Waals surface area contributed by atoms with Gasteiger partial charge in [-0.15, -0.1) is 0 Å². The van der Waals surface area contributed by atoms with Crippen LogP contribution in [0.25, 0.3) is 0 Å². The zero-order valence-electron chi connectivity index (χ0n) is 25.0. The fourth-order valence-electron chi connectivity index (χ4n) is 4.48. The van der Waals surface area contributed by atoms with Crippen molar-refractivity contribution in [1.29, 1.82) is 0 Å². The first-order valence-corrected chi connectivity index (χ1v) is 14.3. The fourth-order valence-corrected chi connectivity index (χ4v) is 4.48. The van der Waals surface area contributed by atoms with Gasteiger partial charge in [0.15, 0.2) is 5.78 Å². The average molecular weight is 627 g/mol. The Morgan fingerprint density at radius 3 is 2.02 bits per heavy atom. The number of amides is 1. The Balaban J connectivity index is 0.000000860. The second-order valence-corrected chi connectivity index (χ2v) is 10.2. The van der Waals surface area contributed by atoms with Gasteiger partial charge in [-0.3, -0.25) is 9.59 Å². The molecule has 0 saturated carbocycles. The van der Waals surface area contributed by atoms with Crippen LogP contribution < -0.4 is 14.8 Å². The molecule has 1 heterocycles. The van der Waals surface area contributed by atoms with Crippen LogP contribution in [0.3, 0.4) is 0 Å². The zero-order valence-corrected chi connectivity index (χ0v) is 25.0. The van der Waals surface area contributed by atoms with Gasteiger partial charge in [0.2, 0.25) is 5.91 Å². The first-order chi connectivity index (χ1) is 20.9. The standard InChI is InChI=1S/C29H40N2O6.C2HF3O2/c1-35-19-20-37-25-15-11-23(12-16-25)29(34)26(21-31-17-5-6-18-31)30-28(33)8-4-3-7-27(32)22-9-13-24(36-2)14-10-22;3-2(4,5)1(6)7/h9-16,26,29,34H,3-8,17-21H2,1-2H3,(H,30,33);(H,6,7)/t26-,29-;/m1./s1. The molecule has 0 radical (unpaired) electrons. The summed E-state index contributed by atoms with van der Waals surface area (Å²) in [5.74, 6) is -1.39. The molecule has 1 amide bonds. The highest BCUT2D eigenvalue weighted by Gasteiger charge is 2.38. The molecule has 1 aliphatic rings. The predicted molar refractivity (Wildman–Crippen MR) is 156 cm³/mol. The van der Waals surface area contributed by atoms with Crippen molar-refractivity contribution >= 4 is 17.7 Å². The highest BCUT2D eigenvalue weighted by atomic mass is 19.4. The Bertz CT molecular complexity index is 1150. The molecule has 1 aliphatic heterocycles. The molecule has 3 rings (SSSR count). The number of benzene rings is 2. The SMILES string of the molecule is COCCOc1ccc([C@@H](O)[C@@H](CN2CCCC2)NC(=O)CCCCC(=O)c2ccc(OC)cc2)cc1.O=C(O)C(F)(F)F. The third-order valence-electron chi connectivity index (χ3n) is 6.87. The number of aliphatic hydroxyl groups is 1. The zero-order chi connectivity index (χ0) is 32.5. The van der Waals surface area contributed by atoms with Crippen molar-refractivity contribution in [2.45, 2.75) is 56.8 Å². The van der Waals surface area contributed by atoms with Crippen LogP contribution in [-0.2, 0) is 14.3 Å². The third kappa shape index (κ3) is 13.3. The number of nitrogens with zero attached hydrogens (tertiary/aromatic N) is 1. The average Bonchev–Trinajstić information content (AvgIpc) is 3.52. The molecule has 13 heteroatoms. The van der Waals surface area contributed by atoms with E-state index < -0.39 is 24.3 Å². The molecule has 1 fully saturated rings. The van der Waals surface area contributed by atoms with Gasteiger partial charge in [0.25, 0.3) is 0 Å². The van der Waals surface area contributed by atoms with Crippen LogP contribution in [0.4, 0.5) is 13.2 Å². The number of likely N-dealkylation sites (tertiary alicyclic amines) is 1. The number of Topliss-reactive ketones (excluding diaryl/α,β-unsaturated/α-hetero) is 1.